The van der Waals surface area contributed by atoms with Crippen LogP contribution in [0, 0.1) is 0 Å². The van der Waals surface area contributed by atoms with Crippen LogP contribution in [0.5, 0.6) is 0 Å². The van der Waals surface area contributed by atoms with Gasteiger partial charge in [0.15, 0.2) is 0 Å². The Kier molecular flexibility index (Phi) is 7.14. The maximum absolute atomic E-state index is 11.4. The molecule has 1 aromatic carbocycles. The van der Waals surface area contributed by atoms with Crippen molar-refractivity contribution in [1.82, 2.24) is 4.98 Å². The molecule has 1 heterocycles. The molecule has 2 aromatic rings. The van der Waals surface area contributed by atoms with E-state index in [1.165, 1.54) is 18.4 Å². The molecule has 0 aliphatic rings. The van der Waals surface area contributed by atoms with Crippen molar-refractivity contribution < 1.29 is 13.9 Å². The highest BCUT2D eigenvalue weighted by Gasteiger charge is 2.00. The number of hydrogen-bond acceptors (Lipinski definition) is 4. The van der Waals surface area contributed by atoms with Crippen molar-refractivity contribution in [2.24, 2.45) is 0 Å². The number of aromatic nitrogens is 1. The molecular weight excluding hydrogens is 278 g/mol. The fourth-order valence-electron chi connectivity index (χ4n) is 1.27. The zero-order valence-corrected chi connectivity index (χ0v) is 12.1. The summed E-state index contributed by atoms with van der Waals surface area (Å²) in [4.78, 5) is 15.2. The molecular formula is C15H16ClNO3. The van der Waals surface area contributed by atoms with Gasteiger partial charge in [0.25, 0.3) is 5.35 Å². The molecule has 0 bridgehead atoms. The van der Waals surface area contributed by atoms with E-state index in [2.05, 4.69) is 4.98 Å². The predicted molar refractivity (Wildman–Crippen MR) is 78.1 cm³/mol. The van der Waals surface area contributed by atoms with Crippen molar-refractivity contribution in [3.63, 3.8) is 0 Å². The third-order valence-electron chi connectivity index (χ3n) is 2.11. The minimum absolute atomic E-state index is 0.0345. The van der Waals surface area contributed by atoms with Crippen molar-refractivity contribution in [3.05, 3.63) is 59.3 Å². The number of halogens is 1. The molecule has 0 amide bonds. The van der Waals surface area contributed by atoms with E-state index in [-0.39, 0.29) is 12.0 Å². The Morgan fingerprint density at radius 1 is 1.35 bits per heavy atom. The van der Waals surface area contributed by atoms with E-state index < -0.39 is 5.97 Å². The Morgan fingerprint density at radius 2 is 2.05 bits per heavy atom. The average Bonchev–Trinajstić information content (AvgIpc) is 2.92. The molecule has 0 saturated heterocycles. The Hall–Kier alpha value is -2.07. The predicted octanol–water partition coefficient (Wildman–Crippen LogP) is 4.11. The number of oxazole rings is 1. The second-order valence-electron chi connectivity index (χ2n) is 3.45. The van der Waals surface area contributed by atoms with Crippen LogP contribution >= 0.6 is 11.6 Å². The van der Waals surface area contributed by atoms with Crippen molar-refractivity contribution in [2.75, 3.05) is 0 Å². The zero-order valence-electron chi connectivity index (χ0n) is 11.4. The highest BCUT2D eigenvalue weighted by atomic mass is 35.5. The zero-order chi connectivity index (χ0) is 14.8. The van der Waals surface area contributed by atoms with Gasteiger partial charge in [-0.25, -0.2) is 4.79 Å². The lowest BCUT2D eigenvalue weighted by molar-refractivity contribution is -0.138. The number of esters is 1. The Labute approximate surface area is 123 Å². The topological polar surface area (TPSA) is 52.3 Å². The Balaban J connectivity index is 0.000000956. The smallest absolute Gasteiger partial charge is 0.331 e. The van der Waals surface area contributed by atoms with E-state index in [0.717, 1.165) is 5.56 Å². The van der Waals surface area contributed by atoms with Gasteiger partial charge in [0.05, 0.1) is 0 Å². The van der Waals surface area contributed by atoms with Gasteiger partial charge in [-0.3, -0.25) is 0 Å². The maximum Gasteiger partial charge on any atom is 0.331 e. The molecule has 0 atom stereocenters. The van der Waals surface area contributed by atoms with Gasteiger partial charge in [-0.1, -0.05) is 44.2 Å². The largest absolute Gasteiger partial charge is 0.458 e. The number of nitrogens with zero attached hydrogens (tertiary/aromatic N) is 1. The van der Waals surface area contributed by atoms with Crippen LogP contribution in [0.2, 0.25) is 5.35 Å². The van der Waals surface area contributed by atoms with Crippen LogP contribution < -0.4 is 0 Å². The van der Waals surface area contributed by atoms with Gasteiger partial charge in [-0.2, -0.15) is 4.98 Å². The standard InChI is InChI=1S/C13H10ClNO3.C2H6/c14-13-15-11(9-18-13)6-7-12(16)17-8-10-4-2-1-3-5-10;1-2/h1-7,9H,8H2;1-2H3/b7-6+;. The first kappa shape index (κ1) is 16.0. The number of carbonyl (C=O) groups excluding carboxylic acids is 1. The highest BCUT2D eigenvalue weighted by Crippen LogP contribution is 2.09. The third-order valence-corrected chi connectivity index (χ3v) is 2.28. The van der Waals surface area contributed by atoms with E-state index in [9.17, 15) is 4.79 Å². The van der Waals surface area contributed by atoms with Crippen LogP contribution in [0.1, 0.15) is 25.1 Å². The van der Waals surface area contributed by atoms with Crippen molar-refractivity contribution in [2.45, 2.75) is 20.5 Å². The lowest BCUT2D eigenvalue weighted by atomic mass is 10.2. The molecule has 1 aromatic heterocycles. The molecule has 0 N–H and O–H groups in total. The number of carbonyl (C=O) groups is 1. The number of rotatable bonds is 4. The van der Waals surface area contributed by atoms with E-state index >= 15 is 0 Å². The lowest BCUT2D eigenvalue weighted by Gasteiger charge is -2.00. The van der Waals surface area contributed by atoms with Crippen molar-refractivity contribution in [3.8, 4) is 0 Å². The molecule has 0 aliphatic carbocycles. The first-order valence-corrected chi connectivity index (χ1v) is 6.61. The molecule has 5 heteroatoms. The summed E-state index contributed by atoms with van der Waals surface area (Å²) < 4.78 is 9.82. The van der Waals surface area contributed by atoms with Crippen LogP contribution in [0.25, 0.3) is 6.08 Å². The second kappa shape index (κ2) is 8.93. The molecule has 0 unspecified atom stereocenters. The Morgan fingerprint density at radius 3 is 2.65 bits per heavy atom. The fourth-order valence-corrected chi connectivity index (χ4v) is 1.41. The van der Waals surface area contributed by atoms with Gasteiger partial charge in [-0.05, 0) is 23.2 Å². The van der Waals surface area contributed by atoms with Crippen LogP contribution in [-0.2, 0) is 16.1 Å². The quantitative estimate of drug-likeness (QED) is 0.629. The van der Waals surface area contributed by atoms with Gasteiger partial charge >= 0.3 is 5.97 Å². The van der Waals surface area contributed by atoms with E-state index in [1.807, 2.05) is 44.2 Å². The summed E-state index contributed by atoms with van der Waals surface area (Å²) in [5.74, 6) is -0.446. The normalized spacial score (nSPS) is 9.95. The van der Waals surface area contributed by atoms with Gasteiger partial charge in [0, 0.05) is 6.08 Å². The summed E-state index contributed by atoms with van der Waals surface area (Å²) in [6.45, 7) is 4.24. The lowest BCUT2D eigenvalue weighted by Crippen LogP contribution is -2.00. The van der Waals surface area contributed by atoms with Crippen molar-refractivity contribution >= 4 is 23.6 Å². The third kappa shape index (κ3) is 5.71. The average molecular weight is 294 g/mol. The SMILES string of the molecule is CC.O=C(/C=C/c1coc(Cl)n1)OCc1ccccc1. The van der Waals surface area contributed by atoms with E-state index in [0.29, 0.717) is 5.69 Å². The van der Waals surface area contributed by atoms with Crippen LogP contribution in [0.15, 0.2) is 47.1 Å². The van der Waals surface area contributed by atoms with E-state index in [4.69, 9.17) is 20.8 Å². The molecule has 20 heavy (non-hydrogen) atoms. The summed E-state index contributed by atoms with van der Waals surface area (Å²) in [6.07, 6.45) is 4.10. The van der Waals surface area contributed by atoms with Crippen molar-refractivity contribution in [1.29, 1.82) is 0 Å². The monoisotopic (exact) mass is 293 g/mol. The van der Waals surface area contributed by atoms with Gasteiger partial charge < -0.3 is 9.15 Å². The molecule has 0 radical (unpaired) electrons. The summed E-state index contributed by atoms with van der Waals surface area (Å²) in [7, 11) is 0. The molecule has 4 nitrogen and oxygen atoms in total. The fraction of sp³-hybridized carbons (Fsp3) is 0.200. The number of ether oxygens (including phenoxy) is 1. The summed E-state index contributed by atoms with van der Waals surface area (Å²) in [5.41, 5.74) is 1.40. The summed E-state index contributed by atoms with van der Waals surface area (Å²) >= 11 is 5.49. The molecule has 2 rings (SSSR count). The second-order valence-corrected chi connectivity index (χ2v) is 3.78. The molecule has 0 spiro atoms. The van der Waals surface area contributed by atoms with Gasteiger partial charge in [0.1, 0.15) is 18.6 Å². The summed E-state index contributed by atoms with van der Waals surface area (Å²) in [5, 5.41) is 0.0345. The molecule has 0 fully saturated rings. The molecule has 106 valence electrons. The van der Waals surface area contributed by atoms with Crippen LogP contribution in [0.4, 0.5) is 0 Å². The Bertz CT molecular complexity index is 549. The first-order valence-electron chi connectivity index (χ1n) is 6.24. The van der Waals surface area contributed by atoms with Crippen LogP contribution in [0.3, 0.4) is 0 Å². The first-order chi connectivity index (χ1) is 9.74. The van der Waals surface area contributed by atoms with Gasteiger partial charge in [0.2, 0.25) is 0 Å². The highest BCUT2D eigenvalue weighted by molar-refractivity contribution is 6.27. The molecule has 0 saturated carbocycles. The van der Waals surface area contributed by atoms with Crippen LogP contribution in [-0.4, -0.2) is 11.0 Å². The minimum Gasteiger partial charge on any atom is -0.458 e. The minimum atomic E-state index is -0.446. The number of benzene rings is 1. The maximum atomic E-state index is 11.4. The summed E-state index contributed by atoms with van der Waals surface area (Å²) in [6, 6.07) is 9.44. The van der Waals surface area contributed by atoms with E-state index in [1.54, 1.807) is 0 Å². The molecule has 0 aliphatic heterocycles. The van der Waals surface area contributed by atoms with Gasteiger partial charge in [-0.15, -0.1) is 0 Å². The number of hydrogen-bond donors (Lipinski definition) is 0.